The summed E-state index contributed by atoms with van der Waals surface area (Å²) in [7, 11) is 1.37. The van der Waals surface area contributed by atoms with Gasteiger partial charge in [-0.2, -0.15) is 0 Å². The van der Waals surface area contributed by atoms with Gasteiger partial charge in [0.05, 0.1) is 39.8 Å². The average Bonchev–Trinajstić information content (AvgIpc) is 3.56. The lowest BCUT2D eigenvalue weighted by Crippen LogP contribution is -2.57. The van der Waals surface area contributed by atoms with Crippen LogP contribution in [0.25, 0.3) is 43.6 Å². The van der Waals surface area contributed by atoms with Gasteiger partial charge in [-0.3, -0.25) is 14.9 Å². The van der Waals surface area contributed by atoms with Crippen LogP contribution in [0, 0.1) is 0 Å². The van der Waals surface area contributed by atoms with Crippen LogP contribution in [0.15, 0.2) is 45.3 Å². The van der Waals surface area contributed by atoms with Gasteiger partial charge < -0.3 is 34.3 Å². The van der Waals surface area contributed by atoms with Crippen molar-refractivity contribution in [2.24, 2.45) is 0 Å². The first-order valence-corrected chi connectivity index (χ1v) is 13.8. The molecule has 0 saturated carbocycles. The Balaban J connectivity index is 1.71. The number of ether oxygens (including phenoxy) is 2. The zero-order chi connectivity index (χ0) is 27.3. The summed E-state index contributed by atoms with van der Waals surface area (Å²) in [4.78, 5) is 30.0. The van der Waals surface area contributed by atoms with E-state index in [9.17, 15) is 24.9 Å². The summed E-state index contributed by atoms with van der Waals surface area (Å²) in [5.74, 6) is -1.02. The van der Waals surface area contributed by atoms with Crippen molar-refractivity contribution in [3.05, 3.63) is 56.5 Å². The van der Waals surface area contributed by atoms with Gasteiger partial charge in [-0.1, -0.05) is 24.3 Å². The summed E-state index contributed by atoms with van der Waals surface area (Å²) in [6.07, 6.45) is -5.93. The zero-order valence-electron chi connectivity index (χ0n) is 20.2. The Morgan fingerprint density at radius 3 is 2.28 bits per heavy atom. The summed E-state index contributed by atoms with van der Waals surface area (Å²) < 4.78 is 14.7. The van der Waals surface area contributed by atoms with Crippen LogP contribution in [-0.4, -0.2) is 74.8 Å². The van der Waals surface area contributed by atoms with Crippen LogP contribution in [0.5, 0.6) is 0 Å². The van der Waals surface area contributed by atoms with E-state index in [1.807, 2.05) is 36.4 Å². The number of imide groups is 1. The molecule has 5 aromatic rings. The van der Waals surface area contributed by atoms with Crippen molar-refractivity contribution < 1.29 is 34.4 Å². The molecule has 2 aromatic heterocycles. The Hall–Kier alpha value is -2.84. The molecule has 2 amide bonds. The second kappa shape index (κ2) is 8.83. The van der Waals surface area contributed by atoms with Crippen molar-refractivity contribution in [2.75, 3.05) is 13.7 Å². The molecule has 2 aliphatic heterocycles. The molecule has 0 radical (unpaired) electrons. The van der Waals surface area contributed by atoms with Gasteiger partial charge in [0.25, 0.3) is 11.8 Å². The molecular weight excluding hydrogens is 638 g/mol. The van der Waals surface area contributed by atoms with Crippen molar-refractivity contribution >= 4 is 87.3 Å². The van der Waals surface area contributed by atoms with Gasteiger partial charge in [-0.05, 0) is 44.0 Å². The fraction of sp³-hybridized carbons (Fsp3) is 0.259. The van der Waals surface area contributed by atoms with E-state index in [0.717, 1.165) is 15.4 Å². The van der Waals surface area contributed by atoms with Gasteiger partial charge in [0.1, 0.15) is 24.4 Å². The Bertz CT molecular complexity index is 1880. The fourth-order valence-corrected chi connectivity index (χ4v) is 7.22. The number of aromatic nitrogens is 2. The fourth-order valence-electron chi connectivity index (χ4n) is 6.20. The first kappa shape index (κ1) is 25.1. The van der Waals surface area contributed by atoms with E-state index < -0.39 is 49.1 Å². The largest absolute Gasteiger partial charge is 0.394 e. The number of benzene rings is 3. The third kappa shape index (κ3) is 3.24. The Kier molecular flexibility index (Phi) is 5.69. The molecule has 1 saturated heterocycles. The number of aromatic amines is 1. The summed E-state index contributed by atoms with van der Waals surface area (Å²) in [5, 5.41) is 37.3. The quantitative estimate of drug-likeness (QED) is 0.187. The predicted octanol–water partition coefficient (Wildman–Crippen LogP) is 3.46. The number of hydrogen-bond acceptors (Lipinski definition) is 7. The molecule has 5 atom stereocenters. The summed E-state index contributed by atoms with van der Waals surface area (Å²) >= 11 is 7.21. The van der Waals surface area contributed by atoms with Crippen LogP contribution in [0.1, 0.15) is 26.9 Å². The van der Waals surface area contributed by atoms with Gasteiger partial charge in [0.2, 0.25) is 0 Å². The molecule has 200 valence electrons. The van der Waals surface area contributed by atoms with Gasteiger partial charge in [-0.25, -0.2) is 0 Å². The lowest BCUT2D eigenvalue weighted by atomic mass is 9.96. The summed E-state index contributed by atoms with van der Waals surface area (Å²) in [6, 6.07) is 11.0. The number of amides is 2. The van der Waals surface area contributed by atoms with Crippen molar-refractivity contribution in [3.8, 4) is 0 Å². The number of aliphatic hydroxyl groups is 3. The molecule has 7 rings (SSSR count). The molecule has 1 fully saturated rings. The van der Waals surface area contributed by atoms with Crippen LogP contribution in [0.4, 0.5) is 0 Å². The second-order valence-electron chi connectivity index (χ2n) is 9.73. The van der Waals surface area contributed by atoms with Gasteiger partial charge in [0, 0.05) is 37.6 Å². The number of nitrogens with one attached hydrogen (secondary N) is 2. The van der Waals surface area contributed by atoms with Gasteiger partial charge >= 0.3 is 0 Å². The number of carbonyl (C=O) groups excluding carboxylic acids is 2. The third-order valence-corrected chi connectivity index (χ3v) is 9.09. The Morgan fingerprint density at radius 2 is 1.59 bits per heavy atom. The number of fused-ring (bicyclic) bond motifs is 10. The van der Waals surface area contributed by atoms with E-state index in [1.165, 1.54) is 7.11 Å². The van der Waals surface area contributed by atoms with Crippen molar-refractivity contribution in [2.45, 2.75) is 30.6 Å². The molecule has 39 heavy (non-hydrogen) atoms. The number of aliphatic hydroxyl groups excluding tert-OH is 3. The molecule has 0 spiro atoms. The molecule has 2 aliphatic rings. The molecule has 4 heterocycles. The number of rotatable bonds is 3. The highest BCUT2D eigenvalue weighted by molar-refractivity contribution is 9.11. The normalized spacial score (nSPS) is 25.3. The first-order valence-electron chi connectivity index (χ1n) is 12.2. The smallest absolute Gasteiger partial charge is 0.259 e. The average molecular weight is 659 g/mol. The van der Waals surface area contributed by atoms with Crippen LogP contribution < -0.4 is 5.32 Å². The number of carbonyl (C=O) groups is 2. The zero-order valence-corrected chi connectivity index (χ0v) is 23.4. The number of H-pyrrole nitrogens is 1. The van der Waals surface area contributed by atoms with E-state index in [4.69, 9.17) is 9.47 Å². The minimum atomic E-state index is -1.46. The second-order valence-corrected chi connectivity index (χ2v) is 11.4. The van der Waals surface area contributed by atoms with Crippen molar-refractivity contribution in [1.82, 2.24) is 14.9 Å². The van der Waals surface area contributed by atoms with Crippen molar-refractivity contribution in [3.63, 3.8) is 0 Å². The van der Waals surface area contributed by atoms with Crippen LogP contribution >= 0.6 is 31.9 Å². The Morgan fingerprint density at radius 1 is 0.923 bits per heavy atom. The molecule has 0 unspecified atom stereocenters. The van der Waals surface area contributed by atoms with E-state index >= 15 is 0 Å². The van der Waals surface area contributed by atoms with E-state index in [1.54, 1.807) is 4.57 Å². The number of hydrogen-bond donors (Lipinski definition) is 5. The molecule has 5 N–H and O–H groups in total. The maximum atomic E-state index is 13.3. The lowest BCUT2D eigenvalue weighted by molar-refractivity contribution is -0.255. The molecule has 3 aromatic carbocycles. The highest BCUT2D eigenvalue weighted by Gasteiger charge is 2.47. The van der Waals surface area contributed by atoms with Crippen LogP contribution in [-0.2, 0) is 9.47 Å². The monoisotopic (exact) mass is 657 g/mol. The number of nitrogens with zero attached hydrogens (tertiary/aromatic N) is 1. The lowest BCUT2D eigenvalue weighted by Gasteiger charge is -2.42. The van der Waals surface area contributed by atoms with E-state index in [0.29, 0.717) is 37.2 Å². The van der Waals surface area contributed by atoms with Gasteiger partial charge in [0.15, 0.2) is 6.23 Å². The highest BCUT2D eigenvalue weighted by Crippen LogP contribution is 2.48. The number of methoxy groups -OCH3 is 1. The topological polar surface area (TPSA) is 146 Å². The van der Waals surface area contributed by atoms with Gasteiger partial charge in [-0.15, -0.1) is 0 Å². The minimum absolute atomic E-state index is 0.226. The Labute approximate surface area is 236 Å². The number of halogens is 2. The minimum Gasteiger partial charge on any atom is -0.394 e. The highest BCUT2D eigenvalue weighted by atomic mass is 79.9. The van der Waals surface area contributed by atoms with Crippen LogP contribution in [0.3, 0.4) is 0 Å². The third-order valence-electron chi connectivity index (χ3n) is 7.79. The summed E-state index contributed by atoms with van der Waals surface area (Å²) in [5.41, 5.74) is 2.85. The van der Waals surface area contributed by atoms with E-state index in [-0.39, 0.29) is 11.1 Å². The van der Waals surface area contributed by atoms with Crippen molar-refractivity contribution in [1.29, 1.82) is 0 Å². The maximum absolute atomic E-state index is 13.3. The molecule has 12 heteroatoms. The van der Waals surface area contributed by atoms with E-state index in [2.05, 4.69) is 42.2 Å². The predicted molar refractivity (Wildman–Crippen MR) is 150 cm³/mol. The number of para-hydroxylation sites is 2. The summed E-state index contributed by atoms with van der Waals surface area (Å²) in [6.45, 7) is -0.460. The molecule has 10 nitrogen and oxygen atoms in total. The molecule has 0 bridgehead atoms. The van der Waals surface area contributed by atoms with Crippen LogP contribution in [0.2, 0.25) is 0 Å². The molecular formula is C27H21Br2N3O7. The first-order chi connectivity index (χ1) is 18.8. The maximum Gasteiger partial charge on any atom is 0.259 e. The standard InChI is InChI=1S/C27H21Br2N3O7/c1-38-24-13(8-33)39-27(23(35)22(24)34)32-20-10(5-3-7-12(20)29)15-17-16(25(36)31-26(17)37)14-9-4-2-6-11(28)18(9)30-19(14)21(15)32/h2-7,13,22-24,27,30,33-35H,8H2,1H3,(H,31,36,37)/t13-,22+,23+,24+,27+/m0/s1. The SMILES string of the molecule is CO[C@H]1[C@H](O)[C@@H](O)[C@H](n2c3c(Br)cccc3c3c4c(c5c6cccc(Br)c6[nH]c5c32)C(=O)NC4=O)O[C@H]1CO. The molecule has 0 aliphatic carbocycles.